The van der Waals surface area contributed by atoms with E-state index in [-0.39, 0.29) is 48.3 Å². The van der Waals surface area contributed by atoms with E-state index in [0.29, 0.717) is 12.8 Å². The van der Waals surface area contributed by atoms with Crippen molar-refractivity contribution in [2.45, 2.75) is 51.0 Å². The van der Waals surface area contributed by atoms with Crippen LogP contribution in [0.4, 0.5) is 5.69 Å². The van der Waals surface area contributed by atoms with Gasteiger partial charge in [-0.1, -0.05) is 13.0 Å². The predicted molar refractivity (Wildman–Crippen MR) is 121 cm³/mol. The minimum atomic E-state index is -1.16. The van der Waals surface area contributed by atoms with Gasteiger partial charge in [0.2, 0.25) is 5.91 Å². The summed E-state index contributed by atoms with van der Waals surface area (Å²) < 4.78 is 4.59. The van der Waals surface area contributed by atoms with E-state index in [2.05, 4.69) is 10.1 Å². The van der Waals surface area contributed by atoms with Gasteiger partial charge >= 0.3 is 5.97 Å². The van der Waals surface area contributed by atoms with E-state index in [9.17, 15) is 34.8 Å². The number of rotatable bonds is 6. The van der Waals surface area contributed by atoms with E-state index in [4.69, 9.17) is 0 Å². The molecule has 5 N–H and O–H groups in total. The molecule has 0 unspecified atom stereocenters. The summed E-state index contributed by atoms with van der Waals surface area (Å²) in [5, 5.41) is 43.6. The first-order valence-electron chi connectivity index (χ1n) is 11.5. The molecule has 34 heavy (non-hydrogen) atoms. The summed E-state index contributed by atoms with van der Waals surface area (Å²) in [5.41, 5.74) is -2.89. The highest BCUT2D eigenvalue weighted by Crippen LogP contribution is 2.65. The number of carbonyl (C=O) groups excluding carboxylic acids is 3. The lowest BCUT2D eigenvalue weighted by Crippen LogP contribution is -2.62. The largest absolute Gasteiger partial charge is 0.506 e. The van der Waals surface area contributed by atoms with Crippen LogP contribution in [0.1, 0.15) is 55.8 Å². The Kier molecular flexibility index (Phi) is 5.98. The molecule has 9 nitrogen and oxygen atoms in total. The Morgan fingerprint density at radius 3 is 2.68 bits per heavy atom. The topological polar surface area (TPSA) is 153 Å². The summed E-state index contributed by atoms with van der Waals surface area (Å²) in [6.07, 6.45) is 6.20. The maximum absolute atomic E-state index is 13.0. The molecule has 2 bridgehead atoms. The van der Waals surface area contributed by atoms with Crippen LogP contribution in [0.15, 0.2) is 24.3 Å². The zero-order chi connectivity index (χ0) is 24.9. The Balaban J connectivity index is 1.52. The summed E-state index contributed by atoms with van der Waals surface area (Å²) in [5.74, 6) is -2.61. The molecule has 4 aliphatic rings. The van der Waals surface area contributed by atoms with E-state index in [1.54, 1.807) is 6.08 Å². The molecule has 0 saturated heterocycles. The van der Waals surface area contributed by atoms with Crippen LogP contribution in [0.25, 0.3) is 0 Å². The Morgan fingerprint density at radius 2 is 2.00 bits per heavy atom. The Bertz CT molecular complexity index is 1070. The lowest BCUT2D eigenvalue weighted by atomic mass is 9.42. The van der Waals surface area contributed by atoms with Gasteiger partial charge in [0.1, 0.15) is 17.0 Å². The van der Waals surface area contributed by atoms with E-state index in [1.807, 2.05) is 13.0 Å². The standard InChI is InChI=1S/C25H31NO8/c1-23(8-7-19(30)26-20-16(28)4-3-15(21(20)31)22(32)34-2)17-11-14-5-9-24(17,10-6-18(23)29)12-25(14,33)13-27/h3-4,6,10,14,17,27-28,31,33H,5,7-9,11-13H2,1-2H3,(H,26,30)/t14-,17-,23-,24+,25-/m0/s1. The summed E-state index contributed by atoms with van der Waals surface area (Å²) in [6.45, 7) is 1.54. The number of hydrogen-bond acceptors (Lipinski definition) is 8. The molecule has 0 aliphatic heterocycles. The number of aromatic hydroxyl groups is 2. The van der Waals surface area contributed by atoms with Crippen molar-refractivity contribution in [1.29, 1.82) is 0 Å². The smallest absolute Gasteiger partial charge is 0.341 e. The number of hydrogen-bond donors (Lipinski definition) is 5. The first-order chi connectivity index (χ1) is 16.0. The van der Waals surface area contributed by atoms with Crippen molar-refractivity contribution >= 4 is 23.3 Å². The highest BCUT2D eigenvalue weighted by Gasteiger charge is 2.63. The van der Waals surface area contributed by atoms with Crippen LogP contribution in [-0.4, -0.2) is 57.4 Å². The molecule has 1 aromatic rings. The summed E-state index contributed by atoms with van der Waals surface area (Å²) >= 11 is 0. The number of aliphatic hydroxyl groups excluding tert-OH is 1. The van der Waals surface area contributed by atoms with Crippen molar-refractivity contribution in [3.05, 3.63) is 29.8 Å². The maximum atomic E-state index is 13.0. The Labute approximate surface area is 197 Å². The third kappa shape index (κ3) is 3.67. The first-order valence-corrected chi connectivity index (χ1v) is 11.5. The van der Waals surface area contributed by atoms with Gasteiger partial charge in [-0.25, -0.2) is 4.79 Å². The summed E-state index contributed by atoms with van der Waals surface area (Å²) in [4.78, 5) is 37.6. The Hall–Kier alpha value is -2.91. The monoisotopic (exact) mass is 473 g/mol. The van der Waals surface area contributed by atoms with E-state index in [0.717, 1.165) is 20.0 Å². The lowest BCUT2D eigenvalue weighted by Gasteiger charge is -2.63. The number of carbonyl (C=O) groups is 3. The number of ether oxygens (including phenoxy) is 1. The number of phenolic OH excluding ortho intramolecular Hbond substituents is 2. The fourth-order valence-corrected chi connectivity index (χ4v) is 6.46. The second kappa shape index (κ2) is 8.39. The molecule has 5 rings (SSSR count). The molecule has 1 amide bonds. The quantitative estimate of drug-likeness (QED) is 0.312. The van der Waals surface area contributed by atoms with Crippen LogP contribution in [-0.2, 0) is 14.3 Å². The van der Waals surface area contributed by atoms with Gasteiger partial charge in [-0.05, 0) is 67.6 Å². The van der Waals surface area contributed by atoms with Crippen molar-refractivity contribution in [3.63, 3.8) is 0 Å². The van der Waals surface area contributed by atoms with Crippen molar-refractivity contribution in [2.24, 2.45) is 22.7 Å². The number of anilines is 1. The molecule has 3 fully saturated rings. The van der Waals surface area contributed by atoms with Crippen LogP contribution in [0.3, 0.4) is 0 Å². The van der Waals surface area contributed by atoms with Crippen molar-refractivity contribution in [2.75, 3.05) is 19.0 Å². The number of nitrogens with one attached hydrogen (secondary N) is 1. The highest BCUT2D eigenvalue weighted by molar-refractivity contribution is 6.01. The molecule has 0 aromatic heterocycles. The molecule has 0 heterocycles. The van der Waals surface area contributed by atoms with Crippen molar-refractivity contribution in [3.8, 4) is 11.5 Å². The van der Waals surface area contributed by atoms with Gasteiger partial charge in [-0.2, -0.15) is 0 Å². The third-order valence-electron chi connectivity index (χ3n) is 8.44. The van der Waals surface area contributed by atoms with Crippen molar-refractivity contribution < 1.29 is 39.5 Å². The van der Waals surface area contributed by atoms with Crippen molar-refractivity contribution in [1.82, 2.24) is 0 Å². The highest BCUT2D eigenvalue weighted by atomic mass is 16.5. The van der Waals surface area contributed by atoms with Gasteiger partial charge in [0.25, 0.3) is 0 Å². The lowest BCUT2D eigenvalue weighted by molar-refractivity contribution is -0.190. The second-order valence-corrected chi connectivity index (χ2v) is 10.2. The first kappa shape index (κ1) is 24.2. The molecular weight excluding hydrogens is 442 g/mol. The normalized spacial score (nSPS) is 33.9. The predicted octanol–water partition coefficient (Wildman–Crippen LogP) is 2.28. The molecule has 184 valence electrons. The number of phenols is 2. The van der Waals surface area contributed by atoms with Gasteiger partial charge in [0.15, 0.2) is 11.5 Å². The molecule has 1 aromatic carbocycles. The zero-order valence-corrected chi connectivity index (χ0v) is 19.3. The number of amides is 1. The third-order valence-corrected chi connectivity index (χ3v) is 8.44. The number of allylic oxidation sites excluding steroid dienone is 2. The minimum absolute atomic E-state index is 0.0566. The van der Waals surface area contributed by atoms with Gasteiger partial charge in [0.05, 0.1) is 19.3 Å². The molecule has 5 atom stereocenters. The Morgan fingerprint density at radius 1 is 1.26 bits per heavy atom. The van der Waals surface area contributed by atoms with Gasteiger partial charge in [0, 0.05) is 11.8 Å². The zero-order valence-electron chi connectivity index (χ0n) is 19.3. The molecule has 9 heteroatoms. The average Bonchev–Trinajstić information content (AvgIpc) is 2.82. The van der Waals surface area contributed by atoms with Crippen LogP contribution in [0, 0.1) is 22.7 Å². The number of fused-ring (bicyclic) bond motifs is 2. The minimum Gasteiger partial charge on any atom is -0.506 e. The van der Waals surface area contributed by atoms with Crippen LogP contribution < -0.4 is 5.32 Å². The average molecular weight is 474 g/mol. The maximum Gasteiger partial charge on any atom is 0.341 e. The molecular formula is C25H31NO8. The number of methoxy groups -OCH3 is 1. The number of aliphatic hydroxyl groups is 2. The molecule has 3 saturated carbocycles. The fourth-order valence-electron chi connectivity index (χ4n) is 6.46. The molecule has 4 aliphatic carbocycles. The van der Waals surface area contributed by atoms with Crippen LogP contribution >= 0.6 is 0 Å². The van der Waals surface area contributed by atoms with Gasteiger partial charge in [-0.15, -0.1) is 0 Å². The van der Waals surface area contributed by atoms with Crippen LogP contribution in [0.2, 0.25) is 0 Å². The van der Waals surface area contributed by atoms with E-state index < -0.39 is 39.8 Å². The number of benzene rings is 1. The summed E-state index contributed by atoms with van der Waals surface area (Å²) in [7, 11) is 1.15. The van der Waals surface area contributed by atoms with E-state index >= 15 is 0 Å². The molecule has 1 spiro atoms. The number of ketones is 1. The molecule has 0 radical (unpaired) electrons. The van der Waals surface area contributed by atoms with Gasteiger partial charge in [-0.3, -0.25) is 9.59 Å². The fraction of sp³-hybridized carbons (Fsp3) is 0.560. The number of esters is 1. The van der Waals surface area contributed by atoms with Gasteiger partial charge < -0.3 is 30.5 Å². The van der Waals surface area contributed by atoms with Crippen LogP contribution in [0.5, 0.6) is 11.5 Å². The van der Waals surface area contributed by atoms with E-state index in [1.165, 1.54) is 12.1 Å². The summed E-state index contributed by atoms with van der Waals surface area (Å²) in [6, 6.07) is 2.36. The second-order valence-electron chi connectivity index (χ2n) is 10.2. The SMILES string of the molecule is COC(=O)c1ccc(O)c(NC(=O)CC[C@]2(C)C(=O)C=C[C@@]34CC[C@@H](C[C@H]32)[C@@](O)(CO)C4)c1O.